The second-order valence-electron chi connectivity index (χ2n) is 8.43. The Bertz CT molecular complexity index is 304. The van der Waals surface area contributed by atoms with E-state index in [0.717, 1.165) is 38.0 Å². The van der Waals surface area contributed by atoms with Crippen molar-refractivity contribution in [3.8, 4) is 0 Å². The topological polar surface area (TPSA) is 26.3 Å². The van der Waals surface area contributed by atoms with Crippen LogP contribution in [0.3, 0.4) is 0 Å². The number of carbonyl (C=O) groups excluding carboxylic acids is 1. The van der Waals surface area contributed by atoms with Crippen LogP contribution in [0.25, 0.3) is 0 Å². The van der Waals surface area contributed by atoms with Gasteiger partial charge in [0.2, 0.25) is 0 Å². The lowest BCUT2D eigenvalue weighted by Gasteiger charge is -2.18. The lowest BCUT2D eigenvalue weighted by molar-refractivity contribution is -0.150. The minimum absolute atomic E-state index is 0.0271. The maximum Gasteiger partial charge on any atom is 0.306 e. The van der Waals surface area contributed by atoms with Crippen molar-refractivity contribution in [2.45, 2.75) is 148 Å². The van der Waals surface area contributed by atoms with E-state index in [0.29, 0.717) is 6.42 Å². The summed E-state index contributed by atoms with van der Waals surface area (Å²) >= 11 is 5.70. The Hall–Kier alpha value is -0.240. The molecule has 0 aromatic rings. The van der Waals surface area contributed by atoms with E-state index in [4.69, 9.17) is 16.3 Å². The standard InChI is InChI=1S/C25H49ClO2/c1-3-5-7-9-12-16-20-24(21-17-13-10-8-6-4-2)28-25(27)22-18-14-11-15-19-23-26/h24H,3-23H2,1-2H3. The molecule has 0 spiro atoms. The lowest BCUT2D eigenvalue weighted by Crippen LogP contribution is -2.18. The van der Waals surface area contributed by atoms with E-state index in [2.05, 4.69) is 13.8 Å². The molecule has 0 fully saturated rings. The van der Waals surface area contributed by atoms with Crippen LogP contribution in [0.2, 0.25) is 0 Å². The molecule has 0 aliphatic heterocycles. The summed E-state index contributed by atoms with van der Waals surface area (Å²) in [6.07, 6.45) is 24.0. The number of hydrogen-bond donors (Lipinski definition) is 0. The third-order valence-corrected chi connectivity index (χ3v) is 5.84. The van der Waals surface area contributed by atoms with E-state index in [1.165, 1.54) is 89.9 Å². The number of hydrogen-bond acceptors (Lipinski definition) is 2. The molecule has 0 aliphatic rings. The molecule has 0 bridgehead atoms. The Balaban J connectivity index is 3.99. The smallest absolute Gasteiger partial charge is 0.306 e. The van der Waals surface area contributed by atoms with Gasteiger partial charge in [-0.2, -0.15) is 0 Å². The van der Waals surface area contributed by atoms with Gasteiger partial charge < -0.3 is 4.74 Å². The fourth-order valence-electron chi connectivity index (χ4n) is 3.71. The summed E-state index contributed by atoms with van der Waals surface area (Å²) in [5.41, 5.74) is 0. The molecule has 168 valence electrons. The van der Waals surface area contributed by atoms with Crippen LogP contribution in [-0.2, 0) is 9.53 Å². The maximum absolute atomic E-state index is 12.2. The van der Waals surface area contributed by atoms with Gasteiger partial charge in [-0.3, -0.25) is 4.79 Å². The molecule has 0 N–H and O–H groups in total. The van der Waals surface area contributed by atoms with Crippen molar-refractivity contribution in [3.63, 3.8) is 0 Å². The molecule has 0 rings (SSSR count). The summed E-state index contributed by atoms with van der Waals surface area (Å²) in [7, 11) is 0. The van der Waals surface area contributed by atoms with Crippen LogP contribution in [-0.4, -0.2) is 18.0 Å². The van der Waals surface area contributed by atoms with Gasteiger partial charge in [-0.15, -0.1) is 11.6 Å². The largest absolute Gasteiger partial charge is 0.462 e. The molecule has 0 aromatic carbocycles. The van der Waals surface area contributed by atoms with Gasteiger partial charge in [0.05, 0.1) is 0 Å². The highest BCUT2D eigenvalue weighted by atomic mass is 35.5. The van der Waals surface area contributed by atoms with E-state index in [9.17, 15) is 4.79 Å². The highest BCUT2D eigenvalue weighted by Crippen LogP contribution is 2.18. The van der Waals surface area contributed by atoms with Crippen LogP contribution in [0.4, 0.5) is 0 Å². The fraction of sp³-hybridized carbons (Fsp3) is 0.960. The van der Waals surface area contributed by atoms with Crippen molar-refractivity contribution in [2.24, 2.45) is 0 Å². The van der Waals surface area contributed by atoms with Gasteiger partial charge in [0.1, 0.15) is 6.10 Å². The molecule has 0 aliphatic carbocycles. The molecular weight excluding hydrogens is 368 g/mol. The van der Waals surface area contributed by atoms with Crippen molar-refractivity contribution in [2.75, 3.05) is 5.88 Å². The molecule has 0 saturated heterocycles. The van der Waals surface area contributed by atoms with Crippen molar-refractivity contribution < 1.29 is 9.53 Å². The number of ether oxygens (including phenoxy) is 1. The first kappa shape index (κ1) is 27.8. The Kier molecular flexibility index (Phi) is 22.8. The van der Waals surface area contributed by atoms with Gasteiger partial charge in [-0.05, 0) is 38.5 Å². The van der Waals surface area contributed by atoms with E-state index >= 15 is 0 Å². The molecule has 28 heavy (non-hydrogen) atoms. The second-order valence-corrected chi connectivity index (χ2v) is 8.81. The van der Waals surface area contributed by atoms with Crippen LogP contribution in [0.1, 0.15) is 142 Å². The third kappa shape index (κ3) is 20.5. The number of alkyl halides is 1. The Morgan fingerprint density at radius 1 is 0.643 bits per heavy atom. The minimum Gasteiger partial charge on any atom is -0.462 e. The predicted octanol–water partition coefficient (Wildman–Crippen LogP) is 8.98. The van der Waals surface area contributed by atoms with Crippen LogP contribution in [0.5, 0.6) is 0 Å². The Labute approximate surface area is 181 Å². The van der Waals surface area contributed by atoms with Crippen molar-refractivity contribution in [1.82, 2.24) is 0 Å². The van der Waals surface area contributed by atoms with Crippen molar-refractivity contribution in [3.05, 3.63) is 0 Å². The van der Waals surface area contributed by atoms with E-state index in [1.54, 1.807) is 0 Å². The monoisotopic (exact) mass is 416 g/mol. The third-order valence-electron chi connectivity index (χ3n) is 5.57. The molecule has 0 unspecified atom stereocenters. The van der Waals surface area contributed by atoms with Gasteiger partial charge in [-0.25, -0.2) is 0 Å². The molecule has 0 atom stereocenters. The predicted molar refractivity (Wildman–Crippen MR) is 124 cm³/mol. The van der Waals surface area contributed by atoms with Gasteiger partial charge in [-0.1, -0.05) is 97.3 Å². The van der Waals surface area contributed by atoms with Crippen LogP contribution in [0, 0.1) is 0 Å². The zero-order chi connectivity index (χ0) is 20.7. The van der Waals surface area contributed by atoms with E-state index < -0.39 is 0 Å². The van der Waals surface area contributed by atoms with Gasteiger partial charge in [0.15, 0.2) is 0 Å². The molecule has 0 heterocycles. The van der Waals surface area contributed by atoms with E-state index in [1.807, 2.05) is 0 Å². The summed E-state index contributed by atoms with van der Waals surface area (Å²) in [5, 5.41) is 0. The summed E-state index contributed by atoms with van der Waals surface area (Å²) in [5.74, 6) is 0.778. The molecule has 2 nitrogen and oxygen atoms in total. The molecule has 3 heteroatoms. The first-order valence-electron chi connectivity index (χ1n) is 12.5. The quantitative estimate of drug-likeness (QED) is 0.0998. The number of unbranched alkanes of at least 4 members (excludes halogenated alkanes) is 14. The van der Waals surface area contributed by atoms with Crippen LogP contribution < -0.4 is 0 Å². The van der Waals surface area contributed by atoms with Crippen molar-refractivity contribution >= 4 is 17.6 Å². The Morgan fingerprint density at radius 2 is 1.07 bits per heavy atom. The summed E-state index contributed by atoms with van der Waals surface area (Å²) in [4.78, 5) is 12.2. The lowest BCUT2D eigenvalue weighted by atomic mass is 10.0. The van der Waals surface area contributed by atoms with Crippen molar-refractivity contribution in [1.29, 1.82) is 0 Å². The zero-order valence-corrected chi connectivity index (χ0v) is 19.9. The number of esters is 1. The van der Waals surface area contributed by atoms with E-state index in [-0.39, 0.29) is 12.1 Å². The molecule has 0 aromatic heterocycles. The second kappa shape index (κ2) is 23.0. The Morgan fingerprint density at radius 3 is 1.57 bits per heavy atom. The average molecular weight is 417 g/mol. The molecule has 0 saturated carbocycles. The number of carbonyl (C=O) groups is 1. The van der Waals surface area contributed by atoms with Gasteiger partial charge in [0.25, 0.3) is 0 Å². The van der Waals surface area contributed by atoms with Crippen LogP contribution >= 0.6 is 11.6 Å². The first-order chi connectivity index (χ1) is 13.7. The zero-order valence-electron chi connectivity index (χ0n) is 19.1. The highest BCUT2D eigenvalue weighted by Gasteiger charge is 2.14. The average Bonchev–Trinajstić information content (AvgIpc) is 2.69. The summed E-state index contributed by atoms with van der Waals surface area (Å²) < 4.78 is 5.87. The molecule has 0 amide bonds. The van der Waals surface area contributed by atoms with Gasteiger partial charge >= 0.3 is 5.97 Å². The number of rotatable bonds is 22. The minimum atomic E-state index is 0.0271. The maximum atomic E-state index is 12.2. The summed E-state index contributed by atoms with van der Waals surface area (Å²) in [6.45, 7) is 4.52. The molecule has 0 radical (unpaired) electrons. The first-order valence-corrected chi connectivity index (χ1v) is 13.0. The summed E-state index contributed by atoms with van der Waals surface area (Å²) in [6, 6.07) is 0. The van der Waals surface area contributed by atoms with Crippen LogP contribution in [0.15, 0.2) is 0 Å². The number of halogens is 1. The van der Waals surface area contributed by atoms with Gasteiger partial charge in [0, 0.05) is 12.3 Å². The fourth-order valence-corrected chi connectivity index (χ4v) is 3.89. The normalized spacial score (nSPS) is 11.3. The SMILES string of the molecule is CCCCCCCCC(CCCCCCCC)OC(=O)CCCCCCCCl. The highest BCUT2D eigenvalue weighted by molar-refractivity contribution is 6.17. The molecular formula is C25H49ClO2.